The van der Waals surface area contributed by atoms with Crippen molar-refractivity contribution in [3.8, 4) is 11.5 Å². The first-order valence-corrected chi connectivity index (χ1v) is 6.13. The molecule has 19 heavy (non-hydrogen) atoms. The molecule has 5 heteroatoms. The number of rotatable bonds is 5. The Morgan fingerprint density at radius 1 is 1.37 bits per heavy atom. The van der Waals surface area contributed by atoms with Gasteiger partial charge in [0.05, 0.1) is 25.3 Å². The van der Waals surface area contributed by atoms with Crippen molar-refractivity contribution in [3.63, 3.8) is 0 Å². The third-order valence-electron chi connectivity index (χ3n) is 3.01. The highest BCUT2D eigenvalue weighted by Crippen LogP contribution is 2.30. The quantitative estimate of drug-likeness (QED) is 0.894. The van der Waals surface area contributed by atoms with Crippen molar-refractivity contribution < 1.29 is 9.47 Å². The van der Waals surface area contributed by atoms with E-state index in [-0.39, 0.29) is 6.04 Å². The van der Waals surface area contributed by atoms with Gasteiger partial charge < -0.3 is 19.8 Å². The number of hydrogen-bond donors (Lipinski definition) is 1. The summed E-state index contributed by atoms with van der Waals surface area (Å²) in [5.41, 5.74) is 7.87. The average molecular weight is 261 g/mol. The Morgan fingerprint density at radius 3 is 2.74 bits per heavy atom. The Morgan fingerprint density at radius 2 is 2.16 bits per heavy atom. The molecule has 1 atom stereocenters. The van der Waals surface area contributed by atoms with Gasteiger partial charge in [-0.1, -0.05) is 6.07 Å². The highest BCUT2D eigenvalue weighted by Gasteiger charge is 2.09. The van der Waals surface area contributed by atoms with Crippen molar-refractivity contribution in [2.75, 3.05) is 7.11 Å². The highest BCUT2D eigenvalue weighted by atomic mass is 16.5. The van der Waals surface area contributed by atoms with Gasteiger partial charge in [-0.3, -0.25) is 0 Å². The largest absolute Gasteiger partial charge is 0.493 e. The van der Waals surface area contributed by atoms with Crippen molar-refractivity contribution in [2.24, 2.45) is 12.8 Å². The molecule has 0 unspecified atom stereocenters. The first kappa shape index (κ1) is 13.4. The molecule has 2 N–H and O–H groups in total. The molecule has 0 amide bonds. The van der Waals surface area contributed by atoms with Crippen LogP contribution in [0.4, 0.5) is 0 Å². The molecule has 1 heterocycles. The van der Waals surface area contributed by atoms with Crippen LogP contribution in [0.3, 0.4) is 0 Å². The van der Waals surface area contributed by atoms with Crippen LogP contribution < -0.4 is 15.2 Å². The fourth-order valence-electron chi connectivity index (χ4n) is 1.76. The monoisotopic (exact) mass is 261 g/mol. The standard InChI is InChI=1S/C14H19N3O2/c1-10(15)11-4-5-13(14(6-11)18-3)19-8-12-7-16-9-17(12)2/h4-7,9-10H,8,15H2,1-3H3/t10-/m0/s1. The minimum Gasteiger partial charge on any atom is -0.493 e. The summed E-state index contributed by atoms with van der Waals surface area (Å²) in [6.07, 6.45) is 3.53. The SMILES string of the molecule is COc1cc([C@H](C)N)ccc1OCc1cncn1C. The van der Waals surface area contributed by atoms with Crippen LogP contribution in [-0.2, 0) is 13.7 Å². The lowest BCUT2D eigenvalue weighted by atomic mass is 10.1. The lowest BCUT2D eigenvalue weighted by molar-refractivity contribution is 0.277. The number of benzene rings is 1. The molecular formula is C14H19N3O2. The van der Waals surface area contributed by atoms with Gasteiger partial charge in [-0.05, 0) is 24.6 Å². The van der Waals surface area contributed by atoms with Crippen LogP contribution in [-0.4, -0.2) is 16.7 Å². The number of ether oxygens (including phenoxy) is 2. The minimum absolute atomic E-state index is 0.0278. The molecule has 102 valence electrons. The summed E-state index contributed by atoms with van der Waals surface area (Å²) in [6, 6.07) is 5.71. The van der Waals surface area contributed by atoms with Gasteiger partial charge in [0.15, 0.2) is 11.5 Å². The second-order valence-electron chi connectivity index (χ2n) is 4.48. The lowest BCUT2D eigenvalue weighted by Crippen LogP contribution is -2.06. The van der Waals surface area contributed by atoms with Crippen LogP contribution in [0.15, 0.2) is 30.7 Å². The van der Waals surface area contributed by atoms with Crippen molar-refractivity contribution in [3.05, 3.63) is 42.0 Å². The Labute approximate surface area is 113 Å². The van der Waals surface area contributed by atoms with E-state index in [9.17, 15) is 0 Å². The van der Waals surface area contributed by atoms with Crippen LogP contribution in [0, 0.1) is 0 Å². The van der Waals surface area contributed by atoms with E-state index in [0.717, 1.165) is 11.3 Å². The topological polar surface area (TPSA) is 62.3 Å². The van der Waals surface area contributed by atoms with Crippen molar-refractivity contribution in [1.29, 1.82) is 0 Å². The van der Waals surface area contributed by atoms with E-state index in [1.807, 2.05) is 36.7 Å². The molecule has 2 rings (SSSR count). The fraction of sp³-hybridized carbons (Fsp3) is 0.357. The van der Waals surface area contributed by atoms with Crippen LogP contribution >= 0.6 is 0 Å². The molecule has 0 radical (unpaired) electrons. The van der Waals surface area contributed by atoms with Crippen LogP contribution in [0.2, 0.25) is 0 Å². The molecule has 5 nitrogen and oxygen atoms in total. The van der Waals surface area contributed by atoms with Gasteiger partial charge in [0.1, 0.15) is 6.61 Å². The van der Waals surface area contributed by atoms with Crippen LogP contribution in [0.25, 0.3) is 0 Å². The van der Waals surface area contributed by atoms with Gasteiger partial charge in [-0.15, -0.1) is 0 Å². The zero-order valence-corrected chi connectivity index (χ0v) is 11.5. The maximum Gasteiger partial charge on any atom is 0.161 e. The summed E-state index contributed by atoms with van der Waals surface area (Å²) in [5, 5.41) is 0. The van der Waals surface area contributed by atoms with Gasteiger partial charge >= 0.3 is 0 Å². The van der Waals surface area contributed by atoms with E-state index >= 15 is 0 Å². The average Bonchev–Trinajstić information content (AvgIpc) is 2.81. The smallest absolute Gasteiger partial charge is 0.161 e. The summed E-state index contributed by atoms with van der Waals surface area (Å²) in [5.74, 6) is 1.39. The molecule has 0 saturated heterocycles. The van der Waals surface area contributed by atoms with Gasteiger partial charge in [-0.2, -0.15) is 0 Å². The zero-order valence-electron chi connectivity index (χ0n) is 11.5. The Hall–Kier alpha value is -2.01. The number of nitrogens with zero attached hydrogens (tertiary/aromatic N) is 2. The normalized spacial score (nSPS) is 12.2. The second-order valence-corrected chi connectivity index (χ2v) is 4.48. The fourth-order valence-corrected chi connectivity index (χ4v) is 1.76. The summed E-state index contributed by atoms with van der Waals surface area (Å²) in [4.78, 5) is 4.05. The number of methoxy groups -OCH3 is 1. The van der Waals surface area contributed by atoms with Crippen LogP contribution in [0.1, 0.15) is 24.2 Å². The van der Waals surface area contributed by atoms with Crippen molar-refractivity contribution in [1.82, 2.24) is 9.55 Å². The molecular weight excluding hydrogens is 242 g/mol. The first-order valence-electron chi connectivity index (χ1n) is 6.13. The predicted molar refractivity (Wildman–Crippen MR) is 73.1 cm³/mol. The maximum atomic E-state index is 5.85. The summed E-state index contributed by atoms with van der Waals surface area (Å²) >= 11 is 0. The maximum absolute atomic E-state index is 5.85. The van der Waals surface area contributed by atoms with E-state index in [4.69, 9.17) is 15.2 Å². The van der Waals surface area contributed by atoms with Gasteiger partial charge in [0, 0.05) is 13.1 Å². The Kier molecular flexibility index (Phi) is 4.06. The molecule has 0 aliphatic rings. The first-order chi connectivity index (χ1) is 9.11. The lowest BCUT2D eigenvalue weighted by Gasteiger charge is -2.13. The van der Waals surface area contributed by atoms with Crippen LogP contribution in [0.5, 0.6) is 11.5 Å². The number of aromatic nitrogens is 2. The molecule has 0 saturated carbocycles. The molecule has 0 spiro atoms. The van der Waals surface area contributed by atoms with E-state index in [2.05, 4.69) is 4.98 Å². The summed E-state index contributed by atoms with van der Waals surface area (Å²) in [6.45, 7) is 2.38. The van der Waals surface area contributed by atoms with Gasteiger partial charge in [-0.25, -0.2) is 4.98 Å². The summed E-state index contributed by atoms with van der Waals surface area (Å²) < 4.78 is 13.0. The van der Waals surface area contributed by atoms with Crippen molar-refractivity contribution in [2.45, 2.75) is 19.6 Å². The molecule has 0 aliphatic heterocycles. The minimum atomic E-state index is -0.0278. The van der Waals surface area contributed by atoms with E-state index in [1.54, 1.807) is 19.6 Å². The number of hydrogen-bond acceptors (Lipinski definition) is 4. The third kappa shape index (κ3) is 3.06. The van der Waals surface area contributed by atoms with Gasteiger partial charge in [0.2, 0.25) is 0 Å². The number of aryl methyl sites for hydroxylation is 1. The highest BCUT2D eigenvalue weighted by molar-refractivity contribution is 5.43. The van der Waals surface area contributed by atoms with E-state index < -0.39 is 0 Å². The summed E-state index contributed by atoms with van der Waals surface area (Å²) in [7, 11) is 3.55. The molecule has 1 aromatic carbocycles. The van der Waals surface area contributed by atoms with Gasteiger partial charge in [0.25, 0.3) is 0 Å². The molecule has 0 bridgehead atoms. The number of imidazole rings is 1. The molecule has 0 aliphatic carbocycles. The Bertz CT molecular complexity index is 549. The second kappa shape index (κ2) is 5.75. The number of nitrogens with two attached hydrogens (primary N) is 1. The third-order valence-corrected chi connectivity index (χ3v) is 3.01. The molecule has 0 fully saturated rings. The van der Waals surface area contributed by atoms with Crippen molar-refractivity contribution >= 4 is 0 Å². The molecule has 2 aromatic rings. The predicted octanol–water partition coefficient (Wildman–Crippen LogP) is 2.03. The van der Waals surface area contributed by atoms with E-state index in [0.29, 0.717) is 18.1 Å². The molecule has 1 aromatic heterocycles. The Balaban J connectivity index is 2.14. The van der Waals surface area contributed by atoms with E-state index in [1.165, 1.54) is 0 Å². The zero-order chi connectivity index (χ0) is 13.8.